The maximum atomic E-state index is 5.95. The normalized spacial score (nSPS) is 10.9. The van der Waals surface area contributed by atoms with E-state index in [-0.39, 0.29) is 0 Å². The highest BCUT2D eigenvalue weighted by molar-refractivity contribution is 6.51. The van der Waals surface area contributed by atoms with E-state index in [2.05, 4.69) is 27.0 Å². The van der Waals surface area contributed by atoms with Crippen molar-refractivity contribution in [3.8, 4) is 0 Å². The second-order valence-electron chi connectivity index (χ2n) is 3.69. The van der Waals surface area contributed by atoms with Gasteiger partial charge in [-0.1, -0.05) is 26.0 Å². The molecular formula is C12H24OSi. The molecular weight excluding hydrogens is 188 g/mol. The maximum absolute atomic E-state index is 5.95. The molecule has 0 aromatic rings. The topological polar surface area (TPSA) is 9.23 Å². The summed E-state index contributed by atoms with van der Waals surface area (Å²) < 4.78 is 5.95. The van der Waals surface area contributed by atoms with Crippen LogP contribution < -0.4 is 0 Å². The Bertz CT molecular complexity index is 142. The minimum atomic E-state index is -0.867. The smallest absolute Gasteiger partial charge is 0.176 e. The van der Waals surface area contributed by atoms with Crippen LogP contribution in [0.25, 0.3) is 0 Å². The van der Waals surface area contributed by atoms with Gasteiger partial charge in [-0.15, -0.1) is 13.2 Å². The molecule has 0 bridgehead atoms. The van der Waals surface area contributed by atoms with Gasteiger partial charge in [0.1, 0.15) is 0 Å². The predicted molar refractivity (Wildman–Crippen MR) is 67.2 cm³/mol. The molecule has 0 rings (SSSR count). The lowest BCUT2D eigenvalue weighted by Crippen LogP contribution is -2.20. The number of rotatable bonds is 9. The molecule has 0 saturated carbocycles. The SMILES string of the molecule is C=CCC(CC=C)CO[SiH](CC)CC. The highest BCUT2D eigenvalue weighted by Gasteiger charge is 2.10. The predicted octanol–water partition coefficient (Wildman–Crippen LogP) is 3.54. The molecule has 0 radical (unpaired) electrons. The van der Waals surface area contributed by atoms with Gasteiger partial charge in [-0.05, 0) is 30.8 Å². The van der Waals surface area contributed by atoms with Crippen LogP contribution >= 0.6 is 0 Å². The van der Waals surface area contributed by atoms with Crippen LogP contribution in [0.5, 0.6) is 0 Å². The Balaban J connectivity index is 3.77. The lowest BCUT2D eigenvalue weighted by molar-refractivity contribution is 0.251. The first-order chi connectivity index (χ1) is 6.78. The van der Waals surface area contributed by atoms with Crippen molar-refractivity contribution in [3.05, 3.63) is 25.3 Å². The van der Waals surface area contributed by atoms with Gasteiger partial charge < -0.3 is 4.43 Å². The molecule has 0 spiro atoms. The molecule has 0 aliphatic heterocycles. The first-order valence-electron chi connectivity index (χ1n) is 5.61. The fraction of sp³-hybridized carbons (Fsp3) is 0.667. The summed E-state index contributed by atoms with van der Waals surface area (Å²) in [5, 5.41) is 0. The molecule has 0 unspecified atom stereocenters. The minimum absolute atomic E-state index is 0.595. The summed E-state index contributed by atoms with van der Waals surface area (Å²) in [4.78, 5) is 0. The molecule has 0 aromatic carbocycles. The van der Waals surface area contributed by atoms with Gasteiger partial charge in [-0.3, -0.25) is 0 Å². The lowest BCUT2D eigenvalue weighted by atomic mass is 10.0. The second kappa shape index (κ2) is 9.22. The largest absolute Gasteiger partial charge is 0.420 e. The van der Waals surface area contributed by atoms with Gasteiger partial charge in [-0.25, -0.2) is 0 Å². The zero-order chi connectivity index (χ0) is 10.8. The minimum Gasteiger partial charge on any atom is -0.420 e. The van der Waals surface area contributed by atoms with Crippen LogP contribution in [-0.4, -0.2) is 15.6 Å². The molecule has 0 amide bonds. The second-order valence-corrected chi connectivity index (χ2v) is 6.90. The van der Waals surface area contributed by atoms with Gasteiger partial charge in [0.05, 0.1) is 0 Å². The lowest BCUT2D eigenvalue weighted by Gasteiger charge is -2.18. The van der Waals surface area contributed by atoms with E-state index >= 15 is 0 Å². The Morgan fingerprint density at radius 3 is 2.00 bits per heavy atom. The van der Waals surface area contributed by atoms with Crippen molar-refractivity contribution in [1.29, 1.82) is 0 Å². The summed E-state index contributed by atoms with van der Waals surface area (Å²) in [6.07, 6.45) is 6.04. The molecule has 14 heavy (non-hydrogen) atoms. The summed E-state index contributed by atoms with van der Waals surface area (Å²) in [5.41, 5.74) is 0. The molecule has 0 aliphatic carbocycles. The summed E-state index contributed by atoms with van der Waals surface area (Å²) in [6.45, 7) is 12.9. The Morgan fingerprint density at radius 2 is 1.64 bits per heavy atom. The third kappa shape index (κ3) is 6.16. The van der Waals surface area contributed by atoms with E-state index in [9.17, 15) is 0 Å². The van der Waals surface area contributed by atoms with Crippen LogP contribution in [0.2, 0.25) is 12.1 Å². The molecule has 0 fully saturated rings. The highest BCUT2D eigenvalue weighted by atomic mass is 28.3. The van der Waals surface area contributed by atoms with Crippen molar-refractivity contribution in [3.63, 3.8) is 0 Å². The zero-order valence-electron chi connectivity index (χ0n) is 9.67. The Hall–Kier alpha value is -0.343. The number of hydrogen-bond acceptors (Lipinski definition) is 1. The maximum Gasteiger partial charge on any atom is 0.176 e. The molecule has 2 heteroatoms. The van der Waals surface area contributed by atoms with E-state index in [1.807, 2.05) is 12.2 Å². The zero-order valence-corrected chi connectivity index (χ0v) is 10.8. The Morgan fingerprint density at radius 1 is 1.14 bits per heavy atom. The summed E-state index contributed by atoms with van der Waals surface area (Å²) in [7, 11) is -0.867. The van der Waals surface area contributed by atoms with Gasteiger partial charge in [0.15, 0.2) is 9.04 Å². The molecule has 0 aromatic heterocycles. The van der Waals surface area contributed by atoms with Crippen molar-refractivity contribution in [2.24, 2.45) is 5.92 Å². The van der Waals surface area contributed by atoms with Gasteiger partial charge in [0.2, 0.25) is 0 Å². The number of hydrogen-bond donors (Lipinski definition) is 0. The van der Waals surface area contributed by atoms with Crippen molar-refractivity contribution < 1.29 is 4.43 Å². The standard InChI is InChI=1S/C12H24OSi/c1-5-9-12(10-6-2)11-13-14(7-3)8-4/h5-6,12,14H,1-2,7-11H2,3-4H3. The average Bonchev–Trinajstić information content (AvgIpc) is 2.20. The molecule has 82 valence electrons. The van der Waals surface area contributed by atoms with Crippen molar-refractivity contribution in [2.45, 2.75) is 38.8 Å². The monoisotopic (exact) mass is 212 g/mol. The third-order valence-electron chi connectivity index (χ3n) is 2.48. The van der Waals surface area contributed by atoms with Crippen LogP contribution in [0.1, 0.15) is 26.7 Å². The number of allylic oxidation sites excluding steroid dienone is 2. The van der Waals surface area contributed by atoms with Crippen molar-refractivity contribution in [1.82, 2.24) is 0 Å². The molecule has 1 nitrogen and oxygen atoms in total. The molecule has 0 heterocycles. The van der Waals surface area contributed by atoms with E-state index in [1.165, 1.54) is 12.1 Å². The fourth-order valence-corrected chi connectivity index (χ4v) is 3.09. The van der Waals surface area contributed by atoms with Gasteiger partial charge in [-0.2, -0.15) is 0 Å². The van der Waals surface area contributed by atoms with Crippen LogP contribution in [0, 0.1) is 5.92 Å². The third-order valence-corrected chi connectivity index (χ3v) is 4.96. The first kappa shape index (κ1) is 13.7. The fourth-order valence-electron chi connectivity index (χ4n) is 1.50. The van der Waals surface area contributed by atoms with Crippen LogP contribution in [-0.2, 0) is 4.43 Å². The molecule has 0 saturated heterocycles. The van der Waals surface area contributed by atoms with Crippen LogP contribution in [0.15, 0.2) is 25.3 Å². The van der Waals surface area contributed by atoms with Crippen LogP contribution in [0.4, 0.5) is 0 Å². The van der Waals surface area contributed by atoms with E-state index in [0.717, 1.165) is 19.4 Å². The highest BCUT2D eigenvalue weighted by Crippen LogP contribution is 2.12. The van der Waals surface area contributed by atoms with Gasteiger partial charge in [0, 0.05) is 6.61 Å². The van der Waals surface area contributed by atoms with Gasteiger partial charge >= 0.3 is 0 Å². The summed E-state index contributed by atoms with van der Waals surface area (Å²) in [6, 6.07) is 2.48. The molecule has 0 atom stereocenters. The van der Waals surface area contributed by atoms with E-state index < -0.39 is 9.04 Å². The Labute approximate surface area is 90.6 Å². The Kier molecular flexibility index (Phi) is 9.00. The van der Waals surface area contributed by atoms with E-state index in [4.69, 9.17) is 4.43 Å². The van der Waals surface area contributed by atoms with E-state index in [1.54, 1.807) is 0 Å². The molecule has 0 aliphatic rings. The van der Waals surface area contributed by atoms with Gasteiger partial charge in [0.25, 0.3) is 0 Å². The summed E-state index contributed by atoms with van der Waals surface area (Å²) in [5.74, 6) is 0.595. The summed E-state index contributed by atoms with van der Waals surface area (Å²) >= 11 is 0. The van der Waals surface area contributed by atoms with Crippen molar-refractivity contribution >= 4 is 9.04 Å². The van der Waals surface area contributed by atoms with Crippen LogP contribution in [0.3, 0.4) is 0 Å². The average molecular weight is 212 g/mol. The first-order valence-corrected chi connectivity index (χ1v) is 7.72. The van der Waals surface area contributed by atoms with E-state index in [0.29, 0.717) is 5.92 Å². The molecule has 0 N–H and O–H groups in total. The quantitative estimate of drug-likeness (QED) is 0.420. The van der Waals surface area contributed by atoms with Crippen molar-refractivity contribution in [2.75, 3.05) is 6.61 Å².